The highest BCUT2D eigenvalue weighted by molar-refractivity contribution is 9.10. The minimum atomic E-state index is -0.0413. The molecular weight excluding hydrogens is 248 g/mol. The lowest BCUT2D eigenvalue weighted by Gasteiger charge is -1.97. The lowest BCUT2D eigenvalue weighted by Crippen LogP contribution is -1.96. The van der Waals surface area contributed by atoms with Gasteiger partial charge in [-0.1, -0.05) is 11.6 Å². The first kappa shape index (κ1) is 8.05. The fourth-order valence-electron chi connectivity index (χ4n) is 0.858. The summed E-state index contributed by atoms with van der Waals surface area (Å²) >= 11 is 10.8. The number of thiophene rings is 1. The van der Waals surface area contributed by atoms with Crippen molar-refractivity contribution >= 4 is 38.9 Å². The summed E-state index contributed by atoms with van der Waals surface area (Å²) < 4.78 is 7.05. The quantitative estimate of drug-likeness (QED) is 0.699. The Bertz CT molecular complexity index is 273. The van der Waals surface area contributed by atoms with Crippen LogP contribution in [-0.2, 0) is 10.3 Å². The van der Waals surface area contributed by atoms with Crippen molar-refractivity contribution in [2.75, 3.05) is 6.61 Å². The predicted molar refractivity (Wildman–Crippen MR) is 50.3 cm³/mol. The van der Waals surface area contributed by atoms with Crippen LogP contribution in [0.15, 0.2) is 10.5 Å². The van der Waals surface area contributed by atoms with Crippen LogP contribution in [-0.4, -0.2) is 6.61 Å². The Kier molecular flexibility index (Phi) is 1.80. The van der Waals surface area contributed by atoms with Crippen molar-refractivity contribution in [2.24, 2.45) is 0 Å². The molecule has 1 aromatic rings. The van der Waals surface area contributed by atoms with E-state index in [0.29, 0.717) is 0 Å². The first-order valence-corrected chi connectivity index (χ1v) is 5.20. The molecule has 1 atom stereocenters. The summed E-state index contributed by atoms with van der Waals surface area (Å²) in [4.78, 5) is 1.20. The molecule has 0 aromatic carbocycles. The summed E-state index contributed by atoms with van der Waals surface area (Å²) in [7, 11) is 0. The van der Waals surface area contributed by atoms with E-state index in [-0.39, 0.29) is 5.60 Å². The van der Waals surface area contributed by atoms with E-state index in [1.807, 2.05) is 6.07 Å². The molecule has 0 spiro atoms. The van der Waals surface area contributed by atoms with Gasteiger partial charge in [-0.25, -0.2) is 0 Å². The number of hydrogen-bond donors (Lipinski definition) is 0. The van der Waals surface area contributed by atoms with Crippen LogP contribution in [0.25, 0.3) is 0 Å². The molecule has 1 fully saturated rings. The Morgan fingerprint density at radius 1 is 1.82 bits per heavy atom. The molecule has 1 unspecified atom stereocenters. The zero-order chi connectivity index (χ0) is 8.06. The van der Waals surface area contributed by atoms with Crippen LogP contribution in [0, 0.1) is 0 Å². The van der Waals surface area contributed by atoms with Gasteiger partial charge in [-0.3, -0.25) is 0 Å². The SMILES string of the molecule is CC1(c2cc(Br)c(Cl)s2)CO1. The van der Waals surface area contributed by atoms with Gasteiger partial charge in [-0.2, -0.15) is 0 Å². The maximum absolute atomic E-state index is 5.88. The molecule has 0 saturated carbocycles. The maximum Gasteiger partial charge on any atom is 0.123 e. The summed E-state index contributed by atoms with van der Waals surface area (Å²) in [6.07, 6.45) is 0. The van der Waals surface area contributed by atoms with Crippen molar-refractivity contribution in [3.8, 4) is 0 Å². The zero-order valence-corrected chi connectivity index (χ0v) is 9.02. The third kappa shape index (κ3) is 1.35. The van der Waals surface area contributed by atoms with Crippen LogP contribution >= 0.6 is 38.9 Å². The lowest BCUT2D eigenvalue weighted by atomic mass is 10.2. The summed E-state index contributed by atoms with van der Waals surface area (Å²) in [5.41, 5.74) is -0.0413. The lowest BCUT2D eigenvalue weighted by molar-refractivity contribution is 0.333. The molecule has 0 N–H and O–H groups in total. The van der Waals surface area contributed by atoms with Gasteiger partial charge < -0.3 is 4.74 Å². The molecule has 0 aliphatic carbocycles. The van der Waals surface area contributed by atoms with Gasteiger partial charge >= 0.3 is 0 Å². The number of ether oxygens (including phenoxy) is 1. The summed E-state index contributed by atoms with van der Waals surface area (Å²) in [6, 6.07) is 2.03. The van der Waals surface area contributed by atoms with E-state index >= 15 is 0 Å². The number of hydrogen-bond acceptors (Lipinski definition) is 2. The van der Waals surface area contributed by atoms with Crippen LogP contribution in [0.2, 0.25) is 4.34 Å². The summed E-state index contributed by atoms with van der Waals surface area (Å²) in [5.74, 6) is 0. The molecule has 0 radical (unpaired) electrons. The molecular formula is C7H6BrClOS. The third-order valence-electron chi connectivity index (χ3n) is 1.74. The van der Waals surface area contributed by atoms with Gasteiger partial charge in [0.1, 0.15) is 9.94 Å². The van der Waals surface area contributed by atoms with Crippen LogP contribution in [0.5, 0.6) is 0 Å². The van der Waals surface area contributed by atoms with E-state index in [2.05, 4.69) is 22.9 Å². The fourth-order valence-corrected chi connectivity index (χ4v) is 2.64. The largest absolute Gasteiger partial charge is 0.364 e. The normalized spacial score (nSPS) is 29.0. The van der Waals surface area contributed by atoms with Crippen LogP contribution in [0.4, 0.5) is 0 Å². The topological polar surface area (TPSA) is 12.5 Å². The van der Waals surface area contributed by atoms with Crippen molar-refractivity contribution in [2.45, 2.75) is 12.5 Å². The van der Waals surface area contributed by atoms with Crippen molar-refractivity contribution in [1.29, 1.82) is 0 Å². The molecule has 11 heavy (non-hydrogen) atoms. The molecule has 0 amide bonds. The predicted octanol–water partition coefficient (Wildman–Crippen LogP) is 3.41. The Morgan fingerprint density at radius 2 is 2.45 bits per heavy atom. The zero-order valence-electron chi connectivity index (χ0n) is 5.86. The van der Waals surface area contributed by atoms with Gasteiger partial charge in [-0.15, -0.1) is 11.3 Å². The number of halogens is 2. The Balaban J connectivity index is 2.39. The van der Waals surface area contributed by atoms with Gasteiger partial charge in [-0.05, 0) is 28.9 Å². The Labute approximate surface area is 82.4 Å². The molecule has 0 bridgehead atoms. The maximum atomic E-state index is 5.88. The molecule has 1 aliphatic rings. The van der Waals surface area contributed by atoms with Crippen molar-refractivity contribution in [1.82, 2.24) is 0 Å². The van der Waals surface area contributed by atoms with Gasteiger partial charge in [0.05, 0.1) is 6.61 Å². The van der Waals surface area contributed by atoms with E-state index in [0.717, 1.165) is 15.4 Å². The van der Waals surface area contributed by atoms with Crippen LogP contribution < -0.4 is 0 Å². The third-order valence-corrected chi connectivity index (χ3v) is 4.46. The van der Waals surface area contributed by atoms with E-state index in [1.54, 1.807) is 11.3 Å². The molecule has 60 valence electrons. The second kappa shape index (κ2) is 2.46. The average Bonchev–Trinajstić information content (AvgIpc) is 2.59. The minimum absolute atomic E-state index is 0.0413. The van der Waals surface area contributed by atoms with E-state index < -0.39 is 0 Å². The molecule has 2 rings (SSSR count). The molecule has 4 heteroatoms. The highest BCUT2D eigenvalue weighted by atomic mass is 79.9. The molecule has 1 nitrogen and oxygen atoms in total. The van der Waals surface area contributed by atoms with Gasteiger partial charge in [0.2, 0.25) is 0 Å². The summed E-state index contributed by atoms with van der Waals surface area (Å²) in [6.45, 7) is 2.89. The first-order valence-electron chi connectivity index (χ1n) is 3.21. The second-order valence-corrected chi connectivity index (χ2v) is 5.26. The second-order valence-electron chi connectivity index (χ2n) is 2.75. The van der Waals surface area contributed by atoms with Crippen molar-refractivity contribution < 1.29 is 4.74 Å². The van der Waals surface area contributed by atoms with Crippen molar-refractivity contribution in [3.63, 3.8) is 0 Å². The summed E-state index contributed by atoms with van der Waals surface area (Å²) in [5, 5.41) is 0. The smallest absolute Gasteiger partial charge is 0.123 e. The van der Waals surface area contributed by atoms with Gasteiger partial charge in [0, 0.05) is 9.35 Å². The molecule has 1 aromatic heterocycles. The standard InChI is InChI=1S/C7H6BrClOS/c1-7(3-10-7)5-2-4(8)6(9)11-5/h2H,3H2,1H3. The number of rotatable bonds is 1. The Morgan fingerprint density at radius 3 is 2.82 bits per heavy atom. The highest BCUT2D eigenvalue weighted by Gasteiger charge is 2.42. The number of epoxide rings is 1. The van der Waals surface area contributed by atoms with E-state index in [9.17, 15) is 0 Å². The average molecular weight is 254 g/mol. The van der Waals surface area contributed by atoms with Gasteiger partial charge in [0.25, 0.3) is 0 Å². The molecule has 1 saturated heterocycles. The fraction of sp³-hybridized carbons (Fsp3) is 0.429. The Hall–Kier alpha value is 0.430. The van der Waals surface area contributed by atoms with Crippen molar-refractivity contribution in [3.05, 3.63) is 19.8 Å². The first-order chi connectivity index (χ1) is 5.12. The minimum Gasteiger partial charge on any atom is -0.364 e. The van der Waals surface area contributed by atoms with Crippen LogP contribution in [0.3, 0.4) is 0 Å². The van der Waals surface area contributed by atoms with E-state index in [1.165, 1.54) is 4.88 Å². The molecule has 2 heterocycles. The van der Waals surface area contributed by atoms with Gasteiger partial charge in [0.15, 0.2) is 0 Å². The van der Waals surface area contributed by atoms with Crippen LogP contribution in [0.1, 0.15) is 11.8 Å². The molecule has 1 aliphatic heterocycles. The monoisotopic (exact) mass is 252 g/mol. The highest BCUT2D eigenvalue weighted by Crippen LogP contribution is 2.45. The van der Waals surface area contributed by atoms with E-state index in [4.69, 9.17) is 16.3 Å².